The number of hydrogen-bond acceptors (Lipinski definition) is 6. The molecule has 0 spiro atoms. The lowest BCUT2D eigenvalue weighted by Crippen LogP contribution is -2.44. The van der Waals surface area contributed by atoms with Crippen molar-refractivity contribution in [1.29, 1.82) is 0 Å². The number of aromatic nitrogens is 2. The lowest BCUT2D eigenvalue weighted by atomic mass is 10.1. The van der Waals surface area contributed by atoms with Crippen LogP contribution in [0.4, 0.5) is 23.7 Å². The molecule has 252 valence electrons. The smallest absolute Gasteiger partial charge is 0.407 e. The van der Waals surface area contributed by atoms with E-state index < -0.39 is 41.1 Å². The van der Waals surface area contributed by atoms with Crippen molar-refractivity contribution in [3.05, 3.63) is 106 Å². The van der Waals surface area contributed by atoms with Crippen molar-refractivity contribution in [3.8, 4) is 5.75 Å². The number of allylic oxidation sites excluding steroid dienone is 1. The normalized spacial score (nSPS) is 13.5. The molecule has 1 atom stereocenters. The van der Waals surface area contributed by atoms with Crippen molar-refractivity contribution in [2.45, 2.75) is 44.9 Å². The highest BCUT2D eigenvalue weighted by atomic mass is 19.1. The van der Waals surface area contributed by atoms with Gasteiger partial charge < -0.3 is 34.6 Å². The van der Waals surface area contributed by atoms with E-state index in [1.165, 1.54) is 35.0 Å². The average molecular weight is 666 g/mol. The molecule has 48 heavy (non-hydrogen) atoms. The zero-order valence-corrected chi connectivity index (χ0v) is 26.1. The highest BCUT2D eigenvalue weighted by Gasteiger charge is 2.22. The van der Waals surface area contributed by atoms with Gasteiger partial charge in [0.2, 0.25) is 11.8 Å². The van der Waals surface area contributed by atoms with Gasteiger partial charge in [0, 0.05) is 48.1 Å². The Morgan fingerprint density at radius 1 is 1.04 bits per heavy atom. The number of amides is 3. The van der Waals surface area contributed by atoms with Crippen LogP contribution in [0.3, 0.4) is 0 Å². The fourth-order valence-corrected chi connectivity index (χ4v) is 5.35. The molecule has 1 saturated heterocycles. The van der Waals surface area contributed by atoms with Crippen LogP contribution < -0.4 is 20.9 Å². The van der Waals surface area contributed by atoms with Crippen LogP contribution in [-0.4, -0.2) is 58.6 Å². The Balaban J connectivity index is 1.27. The van der Waals surface area contributed by atoms with E-state index in [2.05, 4.69) is 20.4 Å². The summed E-state index contributed by atoms with van der Waals surface area (Å²) >= 11 is 0. The molecule has 0 saturated carbocycles. The zero-order valence-electron chi connectivity index (χ0n) is 26.1. The van der Waals surface area contributed by atoms with Crippen LogP contribution >= 0.6 is 0 Å². The van der Waals surface area contributed by atoms with Gasteiger partial charge >= 0.3 is 6.09 Å². The summed E-state index contributed by atoms with van der Waals surface area (Å²) in [6.45, 7) is 1.15. The maximum absolute atomic E-state index is 14.4. The maximum Gasteiger partial charge on any atom is 0.407 e. The van der Waals surface area contributed by atoms with Gasteiger partial charge in [0.15, 0.2) is 0 Å². The minimum atomic E-state index is -1.07. The number of carbonyl (C=O) groups excluding carboxylic acids is 3. The van der Waals surface area contributed by atoms with Gasteiger partial charge in [-0.3, -0.25) is 14.4 Å². The Morgan fingerprint density at radius 3 is 2.58 bits per heavy atom. The third-order valence-corrected chi connectivity index (χ3v) is 7.82. The minimum Gasteiger partial charge on any atom is -0.486 e. The van der Waals surface area contributed by atoms with Gasteiger partial charge in [-0.25, -0.2) is 18.0 Å². The van der Waals surface area contributed by atoms with Crippen LogP contribution in [0.2, 0.25) is 0 Å². The molecular weight excluding hydrogens is 631 g/mol. The van der Waals surface area contributed by atoms with Crippen LogP contribution in [0.1, 0.15) is 36.9 Å². The number of carbonyl (C=O) groups is 3. The Kier molecular flexibility index (Phi) is 10.8. The molecular formula is C34H34F3N5O6. The van der Waals surface area contributed by atoms with Crippen molar-refractivity contribution in [2.24, 2.45) is 0 Å². The largest absolute Gasteiger partial charge is 0.486 e. The lowest BCUT2D eigenvalue weighted by molar-refractivity contribution is -0.125. The van der Waals surface area contributed by atoms with Crippen LogP contribution in [-0.2, 0) is 27.5 Å². The quantitative estimate of drug-likeness (QED) is 0.183. The molecule has 3 N–H and O–H groups in total. The SMILES string of the molecule is COC(=O)NC(CCC=CC(=O)N1CCCC1)C(=O)Nc1cccn(Cc2cc3cc(F)cc(OCc4ccc(F)cc4F)c3[nH]2)c1=O. The molecule has 3 heterocycles. The number of benzene rings is 2. The molecule has 11 nitrogen and oxygen atoms in total. The number of ether oxygens (including phenoxy) is 2. The van der Waals surface area contributed by atoms with E-state index in [4.69, 9.17) is 4.74 Å². The number of halogens is 3. The summed E-state index contributed by atoms with van der Waals surface area (Å²) < 4.78 is 53.4. The first-order chi connectivity index (χ1) is 23.1. The first-order valence-corrected chi connectivity index (χ1v) is 15.3. The number of nitrogens with zero attached hydrogens (tertiary/aromatic N) is 2. The third kappa shape index (κ3) is 8.43. The third-order valence-electron chi connectivity index (χ3n) is 7.82. The summed E-state index contributed by atoms with van der Waals surface area (Å²) in [4.78, 5) is 55.6. The number of nitrogens with one attached hydrogen (secondary N) is 3. The monoisotopic (exact) mass is 665 g/mol. The van der Waals surface area contributed by atoms with Gasteiger partial charge in [0.25, 0.3) is 5.56 Å². The van der Waals surface area contributed by atoms with Gasteiger partial charge in [0.1, 0.15) is 41.5 Å². The van der Waals surface area contributed by atoms with Gasteiger partial charge in [-0.2, -0.15) is 0 Å². The Hall–Kier alpha value is -5.53. The summed E-state index contributed by atoms with van der Waals surface area (Å²) in [6.07, 6.45) is 6.12. The second-order valence-electron chi connectivity index (χ2n) is 11.2. The molecule has 2 aromatic carbocycles. The van der Waals surface area contributed by atoms with Crippen LogP contribution in [0, 0.1) is 17.5 Å². The van der Waals surface area contributed by atoms with Gasteiger partial charge in [-0.05, 0) is 68.2 Å². The van der Waals surface area contributed by atoms with E-state index >= 15 is 0 Å². The molecule has 0 bridgehead atoms. The number of alkyl carbamates (subject to hydrolysis) is 1. The number of aromatic amines is 1. The van der Waals surface area contributed by atoms with Crippen molar-refractivity contribution >= 4 is 34.5 Å². The summed E-state index contributed by atoms with van der Waals surface area (Å²) in [5.74, 6) is -2.81. The number of pyridine rings is 1. The van der Waals surface area contributed by atoms with Crippen molar-refractivity contribution in [3.63, 3.8) is 0 Å². The second kappa shape index (κ2) is 15.4. The van der Waals surface area contributed by atoms with Gasteiger partial charge in [0.05, 0.1) is 19.2 Å². The highest BCUT2D eigenvalue weighted by Crippen LogP contribution is 2.29. The standard InChI is InChI=1S/C34H34F3N5O6/c1-47-34(46)40-27(7-2-3-9-30(43)41-12-4-5-13-41)32(44)39-28-8-6-14-42(33(28)45)19-25-16-22-15-24(36)18-29(31(22)38-25)48-20-21-10-11-23(35)17-26(21)37/h3,6,8-11,14-18,27,38H,2,4-5,7,12-13,19-20H2,1H3,(H,39,44)(H,40,46). The molecule has 1 aliphatic heterocycles. The first kappa shape index (κ1) is 33.8. The van der Waals surface area contributed by atoms with Crippen molar-refractivity contribution in [1.82, 2.24) is 19.8 Å². The minimum absolute atomic E-state index is 0.00452. The van der Waals surface area contributed by atoms with Crippen LogP contribution in [0.25, 0.3) is 10.9 Å². The Bertz CT molecular complexity index is 1900. The highest BCUT2D eigenvalue weighted by molar-refractivity contribution is 5.96. The number of fused-ring (bicyclic) bond motifs is 1. The molecule has 3 amide bonds. The molecule has 14 heteroatoms. The summed E-state index contributed by atoms with van der Waals surface area (Å²) in [5, 5.41) is 5.46. The topological polar surface area (TPSA) is 135 Å². The molecule has 0 aliphatic carbocycles. The van der Waals surface area contributed by atoms with Crippen LogP contribution in [0.5, 0.6) is 5.75 Å². The molecule has 2 aromatic heterocycles. The average Bonchev–Trinajstić information content (AvgIpc) is 3.74. The van der Waals surface area contributed by atoms with E-state index in [9.17, 15) is 32.3 Å². The molecule has 1 aliphatic rings. The second-order valence-corrected chi connectivity index (χ2v) is 11.2. The maximum atomic E-state index is 14.4. The van der Waals surface area contributed by atoms with E-state index in [1.807, 2.05) is 0 Å². The first-order valence-electron chi connectivity index (χ1n) is 15.3. The number of anilines is 1. The molecule has 4 aromatic rings. The molecule has 1 unspecified atom stereocenters. The number of likely N-dealkylation sites (tertiary alicyclic amines) is 1. The summed E-state index contributed by atoms with van der Waals surface area (Å²) in [6, 6.07) is 9.00. The van der Waals surface area contributed by atoms with Gasteiger partial charge in [-0.15, -0.1) is 0 Å². The number of rotatable bonds is 12. The summed E-state index contributed by atoms with van der Waals surface area (Å²) in [7, 11) is 1.16. The predicted molar refractivity (Wildman–Crippen MR) is 171 cm³/mol. The van der Waals surface area contributed by atoms with E-state index in [1.54, 1.807) is 23.1 Å². The molecule has 1 fully saturated rings. The molecule has 5 rings (SSSR count). The lowest BCUT2D eigenvalue weighted by Gasteiger charge is -2.17. The van der Waals surface area contributed by atoms with E-state index in [0.717, 1.165) is 38.2 Å². The fourth-order valence-electron chi connectivity index (χ4n) is 5.35. The van der Waals surface area contributed by atoms with Crippen LogP contribution in [0.15, 0.2) is 71.7 Å². The van der Waals surface area contributed by atoms with Crippen molar-refractivity contribution < 1.29 is 37.0 Å². The van der Waals surface area contributed by atoms with E-state index in [0.29, 0.717) is 36.1 Å². The predicted octanol–water partition coefficient (Wildman–Crippen LogP) is 5.00. The number of H-pyrrole nitrogens is 1. The van der Waals surface area contributed by atoms with Gasteiger partial charge in [-0.1, -0.05) is 6.08 Å². The fraction of sp³-hybridized carbons (Fsp3) is 0.294. The molecule has 0 radical (unpaired) electrons. The Labute approximate surface area is 273 Å². The summed E-state index contributed by atoms with van der Waals surface area (Å²) in [5.41, 5.74) is 0.385. The number of hydrogen-bond donors (Lipinski definition) is 3. The Morgan fingerprint density at radius 2 is 1.83 bits per heavy atom. The zero-order chi connectivity index (χ0) is 34.2. The number of methoxy groups -OCH3 is 1. The van der Waals surface area contributed by atoms with E-state index in [-0.39, 0.29) is 42.5 Å². The van der Waals surface area contributed by atoms with Crippen molar-refractivity contribution in [2.75, 3.05) is 25.5 Å².